The number of hydrogen-bond donors (Lipinski definition) is 2. The van der Waals surface area contributed by atoms with E-state index in [0.29, 0.717) is 6.42 Å². The first kappa shape index (κ1) is 17.3. The van der Waals surface area contributed by atoms with Crippen LogP contribution in [0.4, 0.5) is 9.18 Å². The molecule has 0 unspecified atom stereocenters. The van der Waals surface area contributed by atoms with Crippen molar-refractivity contribution in [3.63, 3.8) is 0 Å². The lowest BCUT2D eigenvalue weighted by Crippen LogP contribution is -2.46. The molecule has 1 atom stereocenters. The van der Waals surface area contributed by atoms with Crippen molar-refractivity contribution >= 4 is 23.8 Å². The fourth-order valence-electron chi connectivity index (χ4n) is 1.62. The summed E-state index contributed by atoms with van der Waals surface area (Å²) in [6, 6.07) is 4.68. The number of hydrogen-bond acceptors (Lipinski definition) is 4. The average Bonchev–Trinajstić information content (AvgIpc) is 2.50. The molecule has 2 N–H and O–H groups in total. The maximum atomic E-state index is 12.8. The van der Waals surface area contributed by atoms with E-state index in [1.807, 2.05) is 6.26 Å². The zero-order chi connectivity index (χ0) is 15.7. The summed E-state index contributed by atoms with van der Waals surface area (Å²) in [6.45, 7) is 0.253. The number of rotatable bonds is 7. The highest BCUT2D eigenvalue weighted by Gasteiger charge is 2.20. The highest BCUT2D eigenvalue weighted by Crippen LogP contribution is 2.04. The van der Waals surface area contributed by atoms with Gasteiger partial charge in [-0.25, -0.2) is 14.0 Å². The lowest BCUT2D eigenvalue weighted by molar-refractivity contribution is -0.142. The minimum atomic E-state index is -0.671. The molecule has 0 aliphatic heterocycles. The maximum Gasteiger partial charge on any atom is 0.328 e. The van der Waals surface area contributed by atoms with Crippen molar-refractivity contribution in [2.75, 3.05) is 19.1 Å². The monoisotopic (exact) mass is 314 g/mol. The Morgan fingerprint density at radius 2 is 2.00 bits per heavy atom. The molecule has 0 aliphatic rings. The van der Waals surface area contributed by atoms with E-state index < -0.39 is 18.0 Å². The van der Waals surface area contributed by atoms with Crippen molar-refractivity contribution in [1.29, 1.82) is 0 Å². The van der Waals surface area contributed by atoms with Crippen LogP contribution in [0, 0.1) is 5.82 Å². The third-order valence-corrected chi connectivity index (χ3v) is 3.41. The summed E-state index contributed by atoms with van der Waals surface area (Å²) in [7, 11) is 1.28. The molecule has 0 fully saturated rings. The average molecular weight is 314 g/mol. The fraction of sp³-hybridized carbons (Fsp3) is 0.429. The second-order valence-electron chi connectivity index (χ2n) is 4.31. The molecule has 116 valence electrons. The Morgan fingerprint density at radius 1 is 1.33 bits per heavy atom. The highest BCUT2D eigenvalue weighted by atomic mass is 32.2. The van der Waals surface area contributed by atoms with E-state index in [9.17, 15) is 14.0 Å². The quantitative estimate of drug-likeness (QED) is 0.755. The molecule has 0 bridgehead atoms. The molecule has 2 amide bonds. The lowest BCUT2D eigenvalue weighted by atomic mass is 10.2. The van der Waals surface area contributed by atoms with E-state index in [4.69, 9.17) is 0 Å². The van der Waals surface area contributed by atoms with Crippen LogP contribution >= 0.6 is 11.8 Å². The van der Waals surface area contributed by atoms with Crippen LogP contribution in [0.3, 0.4) is 0 Å². The maximum absolute atomic E-state index is 12.8. The molecule has 0 saturated heterocycles. The Kier molecular flexibility index (Phi) is 7.60. The molecule has 5 nitrogen and oxygen atoms in total. The van der Waals surface area contributed by atoms with Crippen LogP contribution in [0.25, 0.3) is 0 Å². The van der Waals surface area contributed by atoms with Crippen molar-refractivity contribution in [2.24, 2.45) is 0 Å². The van der Waals surface area contributed by atoms with Gasteiger partial charge in [0.2, 0.25) is 0 Å². The summed E-state index contributed by atoms with van der Waals surface area (Å²) in [4.78, 5) is 23.3. The molecule has 1 aromatic carbocycles. The molecule has 0 aromatic heterocycles. The van der Waals surface area contributed by atoms with Crippen molar-refractivity contribution < 1.29 is 18.7 Å². The molecule has 0 aliphatic carbocycles. The summed E-state index contributed by atoms with van der Waals surface area (Å²) in [5, 5.41) is 5.19. The SMILES string of the molecule is COC(=O)[C@H](CCSC)NC(=O)NCc1ccc(F)cc1. The molecule has 0 spiro atoms. The first-order valence-electron chi connectivity index (χ1n) is 6.42. The number of nitrogens with one attached hydrogen (secondary N) is 2. The van der Waals surface area contributed by atoms with Gasteiger partial charge in [-0.3, -0.25) is 0 Å². The Balaban J connectivity index is 2.45. The Bertz CT molecular complexity index is 468. The number of esters is 1. The summed E-state index contributed by atoms with van der Waals surface area (Å²) in [5.41, 5.74) is 0.769. The van der Waals surface area contributed by atoms with Crippen LogP contribution in [0.1, 0.15) is 12.0 Å². The van der Waals surface area contributed by atoms with Gasteiger partial charge in [-0.15, -0.1) is 0 Å². The number of halogens is 1. The zero-order valence-electron chi connectivity index (χ0n) is 12.0. The Hall–Kier alpha value is -1.76. The van der Waals surface area contributed by atoms with Crippen molar-refractivity contribution in [3.8, 4) is 0 Å². The van der Waals surface area contributed by atoms with Crippen LogP contribution in [0.2, 0.25) is 0 Å². The minimum absolute atomic E-state index is 0.253. The summed E-state index contributed by atoms with van der Waals surface area (Å²) in [5.74, 6) is -0.0649. The van der Waals surface area contributed by atoms with Gasteiger partial charge in [0.15, 0.2) is 0 Å². The van der Waals surface area contributed by atoms with Crippen LogP contribution < -0.4 is 10.6 Å². The number of amides is 2. The van der Waals surface area contributed by atoms with Gasteiger partial charge >= 0.3 is 12.0 Å². The van der Waals surface area contributed by atoms with E-state index in [-0.39, 0.29) is 12.4 Å². The first-order valence-corrected chi connectivity index (χ1v) is 7.81. The van der Waals surface area contributed by atoms with Gasteiger partial charge in [-0.2, -0.15) is 11.8 Å². The van der Waals surface area contributed by atoms with Crippen LogP contribution in [-0.4, -0.2) is 37.2 Å². The summed E-state index contributed by atoms with van der Waals surface area (Å²) in [6.07, 6.45) is 2.42. The van der Waals surface area contributed by atoms with Gasteiger partial charge in [0.25, 0.3) is 0 Å². The summed E-state index contributed by atoms with van der Waals surface area (Å²) >= 11 is 1.58. The van der Waals surface area contributed by atoms with Gasteiger partial charge in [0.05, 0.1) is 7.11 Å². The third kappa shape index (κ3) is 6.48. The second-order valence-corrected chi connectivity index (χ2v) is 5.30. The van der Waals surface area contributed by atoms with Crippen molar-refractivity contribution in [1.82, 2.24) is 10.6 Å². The number of urea groups is 1. The van der Waals surface area contributed by atoms with Crippen LogP contribution in [0.15, 0.2) is 24.3 Å². The van der Waals surface area contributed by atoms with E-state index in [1.165, 1.54) is 19.2 Å². The predicted molar refractivity (Wildman–Crippen MR) is 80.6 cm³/mol. The second kappa shape index (κ2) is 9.23. The number of ether oxygens (including phenoxy) is 1. The Morgan fingerprint density at radius 3 is 2.57 bits per heavy atom. The number of methoxy groups -OCH3 is 1. The molecular weight excluding hydrogens is 295 g/mol. The van der Waals surface area contributed by atoms with Gasteiger partial charge in [0.1, 0.15) is 11.9 Å². The smallest absolute Gasteiger partial charge is 0.328 e. The number of carbonyl (C=O) groups excluding carboxylic acids is 2. The minimum Gasteiger partial charge on any atom is -0.467 e. The molecule has 1 aromatic rings. The van der Waals surface area contributed by atoms with E-state index in [0.717, 1.165) is 11.3 Å². The molecule has 0 heterocycles. The van der Waals surface area contributed by atoms with Crippen LogP contribution in [0.5, 0.6) is 0 Å². The largest absolute Gasteiger partial charge is 0.467 e. The number of thioether (sulfide) groups is 1. The van der Waals surface area contributed by atoms with Gasteiger partial charge in [0, 0.05) is 6.54 Å². The van der Waals surface area contributed by atoms with Gasteiger partial charge in [-0.1, -0.05) is 12.1 Å². The van der Waals surface area contributed by atoms with E-state index in [2.05, 4.69) is 15.4 Å². The van der Waals surface area contributed by atoms with Gasteiger partial charge < -0.3 is 15.4 Å². The summed E-state index contributed by atoms with van der Waals surface area (Å²) < 4.78 is 17.4. The predicted octanol–water partition coefficient (Wildman–Crippen LogP) is 1.92. The first-order chi connectivity index (χ1) is 10.1. The molecular formula is C14H19FN2O3S. The fourth-order valence-corrected chi connectivity index (χ4v) is 2.09. The van der Waals surface area contributed by atoms with E-state index >= 15 is 0 Å². The van der Waals surface area contributed by atoms with Gasteiger partial charge in [-0.05, 0) is 36.1 Å². The molecule has 0 saturated carbocycles. The standard InChI is InChI=1S/C14H19FN2O3S/c1-20-13(18)12(7-8-21-2)17-14(19)16-9-10-3-5-11(15)6-4-10/h3-6,12H,7-9H2,1-2H3,(H2,16,17,19)/t12-/m0/s1. The number of benzene rings is 1. The van der Waals surface area contributed by atoms with Crippen LogP contribution in [-0.2, 0) is 16.1 Å². The normalized spacial score (nSPS) is 11.6. The zero-order valence-corrected chi connectivity index (χ0v) is 12.8. The molecule has 7 heteroatoms. The lowest BCUT2D eigenvalue weighted by Gasteiger charge is -2.16. The van der Waals surface area contributed by atoms with Crippen molar-refractivity contribution in [2.45, 2.75) is 19.0 Å². The topological polar surface area (TPSA) is 67.4 Å². The third-order valence-electron chi connectivity index (χ3n) is 2.77. The highest BCUT2D eigenvalue weighted by molar-refractivity contribution is 7.98. The van der Waals surface area contributed by atoms with Crippen molar-refractivity contribution in [3.05, 3.63) is 35.6 Å². The molecule has 21 heavy (non-hydrogen) atoms. The Labute approximate surface area is 127 Å². The molecule has 1 rings (SSSR count). The van der Waals surface area contributed by atoms with E-state index in [1.54, 1.807) is 23.9 Å². The number of carbonyl (C=O) groups is 2. The molecule has 0 radical (unpaired) electrons.